The Bertz CT molecular complexity index is 659. The molecule has 9 N–H and O–H groups in total. The van der Waals surface area contributed by atoms with Gasteiger partial charge in [0.05, 0.1) is 12.5 Å². The fourth-order valence-corrected chi connectivity index (χ4v) is 2.13. The van der Waals surface area contributed by atoms with Crippen LogP contribution in [0, 0.1) is 0 Å². The summed E-state index contributed by atoms with van der Waals surface area (Å²) in [6.45, 7) is 1.22. The van der Waals surface area contributed by atoms with Crippen LogP contribution in [0.5, 0.6) is 0 Å². The summed E-state index contributed by atoms with van der Waals surface area (Å²) in [5.41, 5.74) is 10.6. The van der Waals surface area contributed by atoms with Gasteiger partial charge in [0.1, 0.15) is 18.1 Å². The lowest BCUT2D eigenvalue weighted by Gasteiger charge is -2.23. The lowest BCUT2D eigenvalue weighted by molar-refractivity contribution is -0.147. The molecule has 4 atom stereocenters. The number of aliphatic carboxylic acids is 2. The normalized spacial score (nSPS) is 14.6. The Labute approximate surface area is 171 Å². The highest BCUT2D eigenvalue weighted by Gasteiger charge is 2.29. The molecule has 0 rings (SSSR count). The second kappa shape index (κ2) is 12.6. The number of nitrogens with one attached hydrogen (secondary N) is 3. The van der Waals surface area contributed by atoms with Crippen LogP contribution in [0.3, 0.4) is 0 Å². The van der Waals surface area contributed by atoms with E-state index < -0.39 is 66.2 Å². The molecule has 0 fully saturated rings. The first kappa shape index (κ1) is 26.1. The molecule has 0 bridgehead atoms. The van der Waals surface area contributed by atoms with Gasteiger partial charge in [0.2, 0.25) is 23.6 Å². The highest BCUT2D eigenvalue weighted by molar-refractivity contribution is 7.80. The molecule has 29 heavy (non-hydrogen) atoms. The molecule has 0 spiro atoms. The van der Waals surface area contributed by atoms with E-state index in [1.54, 1.807) is 0 Å². The number of rotatable bonds is 13. The molecule has 0 aromatic rings. The molecule has 14 heteroatoms. The van der Waals surface area contributed by atoms with Crippen molar-refractivity contribution in [3.05, 3.63) is 0 Å². The van der Waals surface area contributed by atoms with Gasteiger partial charge < -0.3 is 37.6 Å². The van der Waals surface area contributed by atoms with E-state index in [2.05, 4.69) is 23.3 Å². The Morgan fingerprint density at radius 1 is 0.931 bits per heavy atom. The molecule has 0 aromatic heterocycles. The van der Waals surface area contributed by atoms with E-state index in [1.165, 1.54) is 6.92 Å². The van der Waals surface area contributed by atoms with Gasteiger partial charge in [-0.3, -0.25) is 24.0 Å². The van der Waals surface area contributed by atoms with Crippen molar-refractivity contribution < 1.29 is 39.0 Å². The van der Waals surface area contributed by atoms with Gasteiger partial charge in [-0.1, -0.05) is 0 Å². The predicted molar refractivity (Wildman–Crippen MR) is 102 cm³/mol. The van der Waals surface area contributed by atoms with Crippen LogP contribution < -0.4 is 27.4 Å². The molecule has 0 saturated carbocycles. The van der Waals surface area contributed by atoms with Gasteiger partial charge in [-0.25, -0.2) is 4.79 Å². The number of amides is 4. The van der Waals surface area contributed by atoms with Crippen molar-refractivity contribution >= 4 is 48.2 Å². The number of carbonyl (C=O) groups is 6. The first-order valence-electron chi connectivity index (χ1n) is 8.39. The van der Waals surface area contributed by atoms with Crippen LogP contribution in [-0.4, -0.2) is 75.7 Å². The number of carboxylic acid groups (broad SMARTS) is 2. The van der Waals surface area contributed by atoms with Crippen molar-refractivity contribution in [1.29, 1.82) is 0 Å². The minimum atomic E-state index is -1.70. The van der Waals surface area contributed by atoms with Crippen LogP contribution in [0.1, 0.15) is 26.2 Å². The fourth-order valence-electron chi connectivity index (χ4n) is 1.97. The molecule has 164 valence electrons. The van der Waals surface area contributed by atoms with E-state index in [0.717, 1.165) is 0 Å². The molecular weight excluding hydrogens is 410 g/mol. The van der Waals surface area contributed by atoms with E-state index >= 15 is 0 Å². The van der Waals surface area contributed by atoms with Crippen molar-refractivity contribution in [3.8, 4) is 0 Å². The van der Waals surface area contributed by atoms with Crippen LogP contribution in [0.25, 0.3) is 0 Å². The average Bonchev–Trinajstić information content (AvgIpc) is 2.62. The number of hydrogen-bond acceptors (Lipinski definition) is 8. The summed E-state index contributed by atoms with van der Waals surface area (Å²) < 4.78 is 0. The quantitative estimate of drug-likeness (QED) is 0.134. The maximum Gasteiger partial charge on any atom is 0.326 e. The zero-order valence-electron chi connectivity index (χ0n) is 15.6. The number of primary amides is 1. The van der Waals surface area contributed by atoms with Crippen molar-refractivity contribution in [2.24, 2.45) is 11.5 Å². The Morgan fingerprint density at radius 2 is 1.48 bits per heavy atom. The van der Waals surface area contributed by atoms with Gasteiger partial charge in [-0.15, -0.1) is 0 Å². The minimum Gasteiger partial charge on any atom is -0.481 e. The predicted octanol–water partition coefficient (Wildman–Crippen LogP) is -3.46. The van der Waals surface area contributed by atoms with Crippen LogP contribution in [0.15, 0.2) is 0 Å². The van der Waals surface area contributed by atoms with Crippen LogP contribution >= 0.6 is 12.6 Å². The Kier molecular flexibility index (Phi) is 11.3. The van der Waals surface area contributed by atoms with E-state index in [0.29, 0.717) is 0 Å². The monoisotopic (exact) mass is 435 g/mol. The summed E-state index contributed by atoms with van der Waals surface area (Å²) in [5.74, 6) is -6.25. The van der Waals surface area contributed by atoms with E-state index in [1.807, 2.05) is 5.32 Å². The minimum absolute atomic E-state index is 0.00501. The van der Waals surface area contributed by atoms with Crippen molar-refractivity contribution in [3.63, 3.8) is 0 Å². The zero-order chi connectivity index (χ0) is 22.7. The topological polar surface area (TPSA) is 231 Å². The Hall–Kier alpha value is -2.87. The first-order valence-corrected chi connectivity index (χ1v) is 9.02. The first-order chi connectivity index (χ1) is 13.4. The van der Waals surface area contributed by atoms with Crippen molar-refractivity contribution in [2.45, 2.75) is 50.4 Å². The molecule has 0 heterocycles. The summed E-state index contributed by atoms with van der Waals surface area (Å²) in [4.78, 5) is 69.0. The SMILES string of the molecule is CC(NC(=O)C(CCC(N)=O)NC(=O)C(N)CS)C(=O)NC(CC(=O)O)C(=O)O. The van der Waals surface area contributed by atoms with Gasteiger partial charge >= 0.3 is 11.9 Å². The lowest BCUT2D eigenvalue weighted by atomic mass is 10.1. The summed E-state index contributed by atoms with van der Waals surface area (Å²) in [6, 6.07) is -5.23. The van der Waals surface area contributed by atoms with Gasteiger partial charge in [-0.05, 0) is 13.3 Å². The molecule has 0 aliphatic carbocycles. The molecular formula is C15H25N5O8S. The molecule has 4 amide bonds. The number of thiol groups is 1. The number of hydrogen-bond donors (Lipinski definition) is 8. The van der Waals surface area contributed by atoms with E-state index in [-0.39, 0.29) is 18.6 Å². The molecule has 13 nitrogen and oxygen atoms in total. The summed E-state index contributed by atoms with van der Waals surface area (Å²) in [7, 11) is 0. The smallest absolute Gasteiger partial charge is 0.326 e. The average molecular weight is 435 g/mol. The third-order valence-corrected chi connectivity index (χ3v) is 3.98. The number of carboxylic acids is 2. The molecule has 0 radical (unpaired) electrons. The number of nitrogens with two attached hydrogens (primary N) is 2. The van der Waals surface area contributed by atoms with Gasteiger partial charge in [-0.2, -0.15) is 12.6 Å². The highest BCUT2D eigenvalue weighted by Crippen LogP contribution is 2.01. The molecule has 4 unspecified atom stereocenters. The lowest BCUT2D eigenvalue weighted by Crippen LogP contribution is -2.56. The maximum absolute atomic E-state index is 12.4. The van der Waals surface area contributed by atoms with Crippen LogP contribution in [0.4, 0.5) is 0 Å². The van der Waals surface area contributed by atoms with E-state index in [9.17, 15) is 28.8 Å². The molecule has 0 aliphatic rings. The van der Waals surface area contributed by atoms with Crippen LogP contribution in [-0.2, 0) is 28.8 Å². The standard InChI is InChI=1S/C15H25N5O8S/c1-6(12(24)20-9(15(27)28)4-11(22)23)18-14(26)8(2-3-10(17)21)19-13(25)7(16)5-29/h6-9,29H,2-5,16H2,1H3,(H2,17,21)(H,18,26)(H,19,25)(H,20,24)(H,22,23)(H,27,28). The summed E-state index contributed by atoms with van der Waals surface area (Å²) in [5, 5.41) is 24.2. The van der Waals surface area contributed by atoms with Crippen molar-refractivity contribution in [1.82, 2.24) is 16.0 Å². The Balaban J connectivity index is 5.08. The van der Waals surface area contributed by atoms with Gasteiger partial charge in [0, 0.05) is 12.2 Å². The molecule has 0 aromatic carbocycles. The summed E-state index contributed by atoms with van der Waals surface area (Å²) in [6.07, 6.45) is -1.27. The second-order valence-corrected chi connectivity index (χ2v) is 6.45. The molecule has 0 aliphatic heterocycles. The third-order valence-electron chi connectivity index (χ3n) is 3.59. The number of carbonyl (C=O) groups excluding carboxylic acids is 4. The van der Waals surface area contributed by atoms with Crippen molar-refractivity contribution in [2.75, 3.05) is 5.75 Å². The zero-order valence-corrected chi connectivity index (χ0v) is 16.5. The van der Waals surface area contributed by atoms with Gasteiger partial charge in [0.25, 0.3) is 0 Å². The van der Waals surface area contributed by atoms with E-state index in [4.69, 9.17) is 21.7 Å². The largest absolute Gasteiger partial charge is 0.481 e. The molecule has 0 saturated heterocycles. The Morgan fingerprint density at radius 3 is 1.93 bits per heavy atom. The van der Waals surface area contributed by atoms with Gasteiger partial charge in [0.15, 0.2) is 0 Å². The highest BCUT2D eigenvalue weighted by atomic mass is 32.1. The van der Waals surface area contributed by atoms with Crippen LogP contribution in [0.2, 0.25) is 0 Å². The third kappa shape index (κ3) is 10.3. The maximum atomic E-state index is 12.4. The summed E-state index contributed by atoms with van der Waals surface area (Å²) >= 11 is 3.86. The fraction of sp³-hybridized carbons (Fsp3) is 0.600. The second-order valence-electron chi connectivity index (χ2n) is 6.08.